The Balaban J connectivity index is 2.54. The average Bonchev–Trinajstić information content (AvgIpc) is 2.16. The highest BCUT2D eigenvalue weighted by molar-refractivity contribution is 5.51. The molecule has 0 aromatic heterocycles. The van der Waals surface area contributed by atoms with E-state index in [1.807, 2.05) is 6.29 Å². The second kappa shape index (κ2) is 5.58. The number of rotatable bonds is 5. The van der Waals surface area contributed by atoms with Crippen LogP contribution in [0.3, 0.4) is 0 Å². The summed E-state index contributed by atoms with van der Waals surface area (Å²) < 4.78 is 0. The first-order chi connectivity index (χ1) is 6.72. The van der Waals surface area contributed by atoms with Crippen molar-refractivity contribution < 1.29 is 4.79 Å². The third-order valence-corrected chi connectivity index (χ3v) is 2.18. The van der Waals surface area contributed by atoms with Crippen molar-refractivity contribution in [2.24, 2.45) is 5.92 Å². The highest BCUT2D eigenvalue weighted by Crippen LogP contribution is 2.10. The Kier molecular flexibility index (Phi) is 4.37. The van der Waals surface area contributed by atoms with Crippen LogP contribution in [0, 0.1) is 5.92 Å². The van der Waals surface area contributed by atoms with E-state index in [0.29, 0.717) is 12.3 Å². The number of benzene rings is 1. The molecule has 0 aliphatic rings. The van der Waals surface area contributed by atoms with E-state index in [-0.39, 0.29) is 0 Å². The molecule has 0 unspecified atom stereocenters. The molecule has 0 bridgehead atoms. The average molecular weight is 189 g/mol. The largest absolute Gasteiger partial charge is 0.291 e. The molecular formula is C13H17O. The molecule has 0 atom stereocenters. The van der Waals surface area contributed by atoms with Gasteiger partial charge in [-0.3, -0.25) is 4.79 Å². The molecule has 1 aromatic rings. The lowest BCUT2D eigenvalue weighted by Gasteiger charge is -2.05. The van der Waals surface area contributed by atoms with Gasteiger partial charge in [0.1, 0.15) is 0 Å². The molecule has 1 nitrogen and oxygen atoms in total. The molecular weight excluding hydrogens is 172 g/mol. The number of hydrogen-bond acceptors (Lipinski definition) is 1. The Hall–Kier alpha value is -1.11. The Bertz CT molecular complexity index is 272. The van der Waals surface area contributed by atoms with Crippen molar-refractivity contribution >= 4 is 6.29 Å². The van der Waals surface area contributed by atoms with Crippen LogP contribution in [0.15, 0.2) is 24.3 Å². The van der Waals surface area contributed by atoms with Gasteiger partial charge in [-0.15, -0.1) is 0 Å². The SMILES string of the molecule is CC(C)Cc1ccc(CC[C]=O)cc1. The van der Waals surface area contributed by atoms with Crippen molar-refractivity contribution in [2.45, 2.75) is 33.1 Å². The molecule has 0 aliphatic carbocycles. The first-order valence-electron chi connectivity index (χ1n) is 5.15. The lowest BCUT2D eigenvalue weighted by atomic mass is 10.0. The molecule has 0 N–H and O–H groups in total. The summed E-state index contributed by atoms with van der Waals surface area (Å²) in [6, 6.07) is 8.52. The van der Waals surface area contributed by atoms with Crippen LogP contribution < -0.4 is 0 Å². The molecule has 0 fully saturated rings. The predicted octanol–water partition coefficient (Wildman–Crippen LogP) is 2.93. The van der Waals surface area contributed by atoms with E-state index >= 15 is 0 Å². The van der Waals surface area contributed by atoms with Crippen molar-refractivity contribution in [2.75, 3.05) is 0 Å². The molecule has 1 heteroatoms. The smallest absolute Gasteiger partial charge is 0.198 e. The van der Waals surface area contributed by atoms with Crippen LogP contribution in [0.25, 0.3) is 0 Å². The third kappa shape index (κ3) is 3.73. The molecule has 0 heterocycles. The molecule has 75 valence electrons. The lowest BCUT2D eigenvalue weighted by Crippen LogP contribution is -1.94. The summed E-state index contributed by atoms with van der Waals surface area (Å²) >= 11 is 0. The molecule has 0 spiro atoms. The molecule has 0 saturated heterocycles. The van der Waals surface area contributed by atoms with Gasteiger partial charge in [0.15, 0.2) is 6.29 Å². The van der Waals surface area contributed by atoms with Crippen LogP contribution in [0.2, 0.25) is 0 Å². The first kappa shape index (κ1) is 11.0. The fourth-order valence-corrected chi connectivity index (χ4v) is 1.51. The van der Waals surface area contributed by atoms with Gasteiger partial charge >= 0.3 is 0 Å². The lowest BCUT2D eigenvalue weighted by molar-refractivity contribution is 0.551. The minimum Gasteiger partial charge on any atom is -0.291 e. The minimum atomic E-state index is 0.503. The molecule has 0 aliphatic heterocycles. The number of carbonyl (C=O) groups excluding carboxylic acids is 1. The van der Waals surface area contributed by atoms with Gasteiger partial charge in [-0.25, -0.2) is 0 Å². The maximum Gasteiger partial charge on any atom is 0.198 e. The summed E-state index contributed by atoms with van der Waals surface area (Å²) in [6.07, 6.45) is 4.35. The molecule has 0 amide bonds. The van der Waals surface area contributed by atoms with E-state index in [1.54, 1.807) is 0 Å². The number of hydrogen-bond donors (Lipinski definition) is 0. The second-order valence-electron chi connectivity index (χ2n) is 4.06. The third-order valence-electron chi connectivity index (χ3n) is 2.18. The van der Waals surface area contributed by atoms with E-state index in [2.05, 4.69) is 38.1 Å². The van der Waals surface area contributed by atoms with E-state index in [9.17, 15) is 4.79 Å². The van der Waals surface area contributed by atoms with E-state index in [0.717, 1.165) is 12.8 Å². The van der Waals surface area contributed by atoms with Gasteiger partial charge < -0.3 is 0 Å². The normalized spacial score (nSPS) is 10.5. The van der Waals surface area contributed by atoms with Gasteiger partial charge in [0.2, 0.25) is 0 Å². The standard InChI is InChI=1S/C13H17O/c1-11(2)10-13-7-5-12(6-8-13)4-3-9-14/h5-8,11H,3-4,10H2,1-2H3. The zero-order chi connectivity index (χ0) is 10.4. The fraction of sp³-hybridized carbons (Fsp3) is 0.462. The van der Waals surface area contributed by atoms with Crippen LogP contribution in [-0.4, -0.2) is 6.29 Å². The summed E-state index contributed by atoms with van der Waals surface area (Å²) in [4.78, 5) is 10.1. The summed E-state index contributed by atoms with van der Waals surface area (Å²) in [6.45, 7) is 4.44. The molecule has 1 aromatic carbocycles. The van der Waals surface area contributed by atoms with Crippen LogP contribution in [0.5, 0.6) is 0 Å². The van der Waals surface area contributed by atoms with Gasteiger partial charge in [0.25, 0.3) is 0 Å². The maximum absolute atomic E-state index is 10.1. The topological polar surface area (TPSA) is 17.1 Å². The van der Waals surface area contributed by atoms with Crippen molar-refractivity contribution in [3.63, 3.8) is 0 Å². The highest BCUT2D eigenvalue weighted by atomic mass is 16.1. The summed E-state index contributed by atoms with van der Waals surface area (Å²) in [5.41, 5.74) is 2.60. The van der Waals surface area contributed by atoms with Crippen molar-refractivity contribution in [1.82, 2.24) is 0 Å². The fourth-order valence-electron chi connectivity index (χ4n) is 1.51. The predicted molar refractivity (Wildman–Crippen MR) is 59.0 cm³/mol. The number of aryl methyl sites for hydroxylation is 1. The molecule has 0 saturated carbocycles. The van der Waals surface area contributed by atoms with Gasteiger partial charge in [0.05, 0.1) is 0 Å². The highest BCUT2D eigenvalue weighted by Gasteiger charge is 1.98. The van der Waals surface area contributed by atoms with E-state index < -0.39 is 0 Å². The molecule has 14 heavy (non-hydrogen) atoms. The van der Waals surface area contributed by atoms with Gasteiger partial charge in [-0.2, -0.15) is 0 Å². The summed E-state index contributed by atoms with van der Waals surface area (Å²) in [7, 11) is 0. The summed E-state index contributed by atoms with van der Waals surface area (Å²) in [5, 5.41) is 0. The van der Waals surface area contributed by atoms with Crippen molar-refractivity contribution in [3.05, 3.63) is 35.4 Å². The van der Waals surface area contributed by atoms with Crippen LogP contribution in [-0.2, 0) is 17.6 Å². The van der Waals surface area contributed by atoms with Gasteiger partial charge in [-0.05, 0) is 29.9 Å². The zero-order valence-electron chi connectivity index (χ0n) is 8.92. The second-order valence-corrected chi connectivity index (χ2v) is 4.06. The van der Waals surface area contributed by atoms with E-state index in [1.165, 1.54) is 11.1 Å². The summed E-state index contributed by atoms with van der Waals surface area (Å²) in [5.74, 6) is 0.698. The molecule has 1 rings (SSSR count). The van der Waals surface area contributed by atoms with Crippen LogP contribution in [0.4, 0.5) is 0 Å². The quantitative estimate of drug-likeness (QED) is 0.696. The van der Waals surface area contributed by atoms with Gasteiger partial charge in [-0.1, -0.05) is 38.1 Å². The monoisotopic (exact) mass is 189 g/mol. The Morgan fingerprint density at radius 3 is 2.21 bits per heavy atom. The van der Waals surface area contributed by atoms with Crippen molar-refractivity contribution in [3.8, 4) is 0 Å². The Labute approximate surface area is 86.1 Å². The van der Waals surface area contributed by atoms with Crippen molar-refractivity contribution in [1.29, 1.82) is 0 Å². The van der Waals surface area contributed by atoms with Gasteiger partial charge in [0, 0.05) is 6.42 Å². The Morgan fingerprint density at radius 2 is 1.71 bits per heavy atom. The molecule has 1 radical (unpaired) electrons. The minimum absolute atomic E-state index is 0.503. The Morgan fingerprint density at radius 1 is 1.14 bits per heavy atom. The first-order valence-corrected chi connectivity index (χ1v) is 5.15. The zero-order valence-corrected chi connectivity index (χ0v) is 8.92. The van der Waals surface area contributed by atoms with E-state index in [4.69, 9.17) is 0 Å². The maximum atomic E-state index is 10.1. The van der Waals surface area contributed by atoms with Crippen LogP contribution >= 0.6 is 0 Å². The van der Waals surface area contributed by atoms with Crippen LogP contribution in [0.1, 0.15) is 31.4 Å².